The van der Waals surface area contributed by atoms with E-state index < -0.39 is 0 Å². The number of carbonyl (C=O) groups excluding carboxylic acids is 1. The zero-order valence-corrected chi connectivity index (χ0v) is 21.2. The maximum absolute atomic E-state index is 12.9. The Hall–Kier alpha value is -4.17. The summed E-state index contributed by atoms with van der Waals surface area (Å²) in [4.78, 5) is 33.0. The van der Waals surface area contributed by atoms with E-state index in [1.165, 1.54) is 18.4 Å². The van der Waals surface area contributed by atoms with Crippen LogP contribution in [0.4, 0.5) is 17.3 Å². The molecular weight excluding hydrogens is 462 g/mol. The van der Waals surface area contributed by atoms with Gasteiger partial charge in [-0.3, -0.25) is 14.8 Å². The maximum atomic E-state index is 12.9. The minimum atomic E-state index is -0.169. The third-order valence-electron chi connectivity index (χ3n) is 6.66. The number of aryl methyl sites for hydroxylation is 1. The summed E-state index contributed by atoms with van der Waals surface area (Å²) < 4.78 is 0. The molecule has 1 amide bonds. The van der Waals surface area contributed by atoms with Crippen LogP contribution in [0.2, 0.25) is 0 Å². The van der Waals surface area contributed by atoms with Crippen molar-refractivity contribution in [2.45, 2.75) is 32.6 Å². The Balaban J connectivity index is 1.25. The van der Waals surface area contributed by atoms with Crippen molar-refractivity contribution in [1.82, 2.24) is 24.8 Å². The van der Waals surface area contributed by atoms with Crippen LogP contribution in [0.1, 0.15) is 47.3 Å². The summed E-state index contributed by atoms with van der Waals surface area (Å²) in [5.41, 5.74) is 5.67. The quantitative estimate of drug-likeness (QED) is 0.337. The topological polar surface area (TPSA) is 95.9 Å². The molecule has 1 aliphatic rings. The van der Waals surface area contributed by atoms with Crippen molar-refractivity contribution in [1.29, 1.82) is 0 Å². The Morgan fingerprint density at radius 3 is 2.73 bits per heavy atom. The van der Waals surface area contributed by atoms with Crippen molar-refractivity contribution >= 4 is 23.2 Å². The molecular formula is C29H31N7O. The SMILES string of the molecule is CCCN1CCC(c2ccc(C(=O)Nc3cnc(C)c(Nc4nccc(-c5cccnc5)n4)c3)cc2)C1. The van der Waals surface area contributed by atoms with E-state index in [4.69, 9.17) is 0 Å². The Kier molecular flexibility index (Phi) is 7.46. The number of hydrogen-bond acceptors (Lipinski definition) is 7. The first kappa shape index (κ1) is 24.5. The summed E-state index contributed by atoms with van der Waals surface area (Å²) in [7, 11) is 0. The van der Waals surface area contributed by atoms with E-state index in [-0.39, 0.29) is 5.91 Å². The van der Waals surface area contributed by atoms with E-state index >= 15 is 0 Å². The number of rotatable bonds is 8. The minimum absolute atomic E-state index is 0.169. The molecule has 0 radical (unpaired) electrons. The van der Waals surface area contributed by atoms with E-state index in [0.29, 0.717) is 28.8 Å². The van der Waals surface area contributed by atoms with Crippen LogP contribution in [0.3, 0.4) is 0 Å². The Morgan fingerprint density at radius 1 is 1.08 bits per heavy atom. The Bertz CT molecular complexity index is 1360. The fourth-order valence-electron chi connectivity index (χ4n) is 4.68. The lowest BCUT2D eigenvalue weighted by Crippen LogP contribution is -2.20. The van der Waals surface area contributed by atoms with Gasteiger partial charge in [0.05, 0.1) is 29.0 Å². The number of anilines is 3. The fraction of sp³-hybridized carbons (Fsp3) is 0.276. The Labute approximate surface area is 217 Å². The highest BCUT2D eigenvalue weighted by atomic mass is 16.1. The molecule has 1 saturated heterocycles. The van der Waals surface area contributed by atoms with Gasteiger partial charge in [-0.15, -0.1) is 0 Å². The van der Waals surface area contributed by atoms with Gasteiger partial charge in [-0.2, -0.15) is 0 Å². The third-order valence-corrected chi connectivity index (χ3v) is 6.66. The van der Waals surface area contributed by atoms with Crippen LogP contribution >= 0.6 is 0 Å². The van der Waals surface area contributed by atoms with Gasteiger partial charge in [0, 0.05) is 36.3 Å². The van der Waals surface area contributed by atoms with E-state index in [1.807, 2.05) is 43.3 Å². The summed E-state index contributed by atoms with van der Waals surface area (Å²) in [5.74, 6) is 0.809. The third kappa shape index (κ3) is 5.98. The lowest BCUT2D eigenvalue weighted by molar-refractivity contribution is 0.102. The molecule has 4 heterocycles. The molecule has 1 fully saturated rings. The molecule has 0 bridgehead atoms. The van der Waals surface area contributed by atoms with Gasteiger partial charge in [0.25, 0.3) is 5.91 Å². The first-order chi connectivity index (χ1) is 18.1. The van der Waals surface area contributed by atoms with Gasteiger partial charge in [-0.25, -0.2) is 9.97 Å². The molecule has 188 valence electrons. The second-order valence-electron chi connectivity index (χ2n) is 9.35. The minimum Gasteiger partial charge on any atom is -0.322 e. The van der Waals surface area contributed by atoms with Crippen molar-refractivity contribution in [3.63, 3.8) is 0 Å². The smallest absolute Gasteiger partial charge is 0.255 e. The number of amides is 1. The molecule has 3 aromatic heterocycles. The van der Waals surface area contributed by atoms with Gasteiger partial charge in [0.2, 0.25) is 5.95 Å². The molecule has 37 heavy (non-hydrogen) atoms. The molecule has 1 atom stereocenters. The van der Waals surface area contributed by atoms with Crippen molar-refractivity contribution in [3.05, 3.63) is 90.1 Å². The number of likely N-dealkylation sites (tertiary alicyclic amines) is 1. The highest BCUT2D eigenvalue weighted by molar-refractivity contribution is 6.04. The zero-order valence-electron chi connectivity index (χ0n) is 21.2. The zero-order chi connectivity index (χ0) is 25.6. The molecule has 0 saturated carbocycles. The summed E-state index contributed by atoms with van der Waals surface area (Å²) in [6.07, 6.45) is 9.19. The van der Waals surface area contributed by atoms with Gasteiger partial charge in [0.1, 0.15) is 0 Å². The van der Waals surface area contributed by atoms with Crippen LogP contribution < -0.4 is 10.6 Å². The number of nitrogens with one attached hydrogen (secondary N) is 2. The first-order valence-corrected chi connectivity index (χ1v) is 12.7. The molecule has 8 nitrogen and oxygen atoms in total. The van der Waals surface area contributed by atoms with Crippen LogP contribution in [0, 0.1) is 6.92 Å². The van der Waals surface area contributed by atoms with Crippen molar-refractivity contribution in [2.75, 3.05) is 30.3 Å². The van der Waals surface area contributed by atoms with Gasteiger partial charge >= 0.3 is 0 Å². The molecule has 8 heteroatoms. The van der Waals surface area contributed by atoms with Crippen LogP contribution in [0.15, 0.2) is 73.3 Å². The average molecular weight is 494 g/mol. The molecule has 2 N–H and O–H groups in total. The van der Waals surface area contributed by atoms with Crippen LogP contribution in [-0.4, -0.2) is 50.4 Å². The number of pyridine rings is 2. The number of nitrogens with zero attached hydrogens (tertiary/aromatic N) is 5. The predicted molar refractivity (Wildman–Crippen MR) is 146 cm³/mol. The number of carbonyl (C=O) groups is 1. The molecule has 0 spiro atoms. The number of aromatic nitrogens is 4. The van der Waals surface area contributed by atoms with E-state index in [1.54, 1.807) is 24.8 Å². The summed E-state index contributed by atoms with van der Waals surface area (Å²) in [5, 5.41) is 6.19. The standard InChI is InChI=1S/C29H31N7O/c1-3-14-36-15-11-24(19-36)21-6-8-22(9-7-21)28(37)33-25-16-27(20(2)32-18-25)35-29-31-13-10-26(34-29)23-5-4-12-30-17-23/h4-10,12-13,16-18,24H,3,11,14-15,19H2,1-2H3,(H,33,37)(H,31,34,35). The second kappa shape index (κ2) is 11.3. The fourth-order valence-corrected chi connectivity index (χ4v) is 4.68. The number of hydrogen-bond donors (Lipinski definition) is 2. The lowest BCUT2D eigenvalue weighted by atomic mass is 9.97. The van der Waals surface area contributed by atoms with Gasteiger partial charge < -0.3 is 15.5 Å². The highest BCUT2D eigenvalue weighted by Crippen LogP contribution is 2.28. The summed E-state index contributed by atoms with van der Waals surface area (Å²) in [6, 6.07) is 15.5. The van der Waals surface area contributed by atoms with E-state index in [2.05, 4.69) is 54.5 Å². The molecule has 1 aromatic carbocycles. The normalized spacial score (nSPS) is 15.5. The predicted octanol–water partition coefficient (Wildman–Crippen LogP) is 5.44. The average Bonchev–Trinajstić information content (AvgIpc) is 3.40. The monoisotopic (exact) mass is 493 g/mol. The van der Waals surface area contributed by atoms with Crippen molar-refractivity contribution < 1.29 is 4.79 Å². The molecule has 1 aliphatic heterocycles. The lowest BCUT2D eigenvalue weighted by Gasteiger charge is -2.15. The second-order valence-corrected chi connectivity index (χ2v) is 9.35. The molecule has 4 aromatic rings. The summed E-state index contributed by atoms with van der Waals surface area (Å²) in [6.45, 7) is 7.51. The van der Waals surface area contributed by atoms with Crippen LogP contribution in [-0.2, 0) is 0 Å². The van der Waals surface area contributed by atoms with Gasteiger partial charge in [0.15, 0.2) is 0 Å². The van der Waals surface area contributed by atoms with Gasteiger partial charge in [-0.1, -0.05) is 19.1 Å². The highest BCUT2D eigenvalue weighted by Gasteiger charge is 2.23. The van der Waals surface area contributed by atoms with Crippen molar-refractivity contribution in [3.8, 4) is 11.3 Å². The summed E-state index contributed by atoms with van der Waals surface area (Å²) >= 11 is 0. The molecule has 1 unspecified atom stereocenters. The van der Waals surface area contributed by atoms with E-state index in [0.717, 1.165) is 36.6 Å². The molecule has 5 rings (SSSR count). The first-order valence-electron chi connectivity index (χ1n) is 12.7. The van der Waals surface area contributed by atoms with Crippen LogP contribution in [0.5, 0.6) is 0 Å². The molecule has 0 aliphatic carbocycles. The van der Waals surface area contributed by atoms with Crippen molar-refractivity contribution in [2.24, 2.45) is 0 Å². The Morgan fingerprint density at radius 2 is 1.95 bits per heavy atom. The maximum Gasteiger partial charge on any atom is 0.255 e. The largest absolute Gasteiger partial charge is 0.322 e. The van der Waals surface area contributed by atoms with Gasteiger partial charge in [-0.05, 0) is 80.7 Å². The number of benzene rings is 1. The van der Waals surface area contributed by atoms with E-state index in [9.17, 15) is 4.79 Å². The van der Waals surface area contributed by atoms with Crippen LogP contribution in [0.25, 0.3) is 11.3 Å².